The van der Waals surface area contributed by atoms with Crippen LogP contribution in [0.25, 0.3) is 0 Å². The maximum absolute atomic E-state index is 12.6. The molecule has 2 aromatic carbocycles. The van der Waals surface area contributed by atoms with Gasteiger partial charge in [0.2, 0.25) is 5.91 Å². The van der Waals surface area contributed by atoms with Crippen LogP contribution in [-0.4, -0.2) is 30.9 Å². The second-order valence-corrected chi connectivity index (χ2v) is 6.68. The van der Waals surface area contributed by atoms with Crippen molar-refractivity contribution in [3.05, 3.63) is 64.1 Å². The Bertz CT molecular complexity index is 809. The molecule has 26 heavy (non-hydrogen) atoms. The highest BCUT2D eigenvalue weighted by atomic mass is 35.5. The van der Waals surface area contributed by atoms with Gasteiger partial charge in [-0.2, -0.15) is 0 Å². The van der Waals surface area contributed by atoms with E-state index in [-0.39, 0.29) is 12.0 Å². The van der Waals surface area contributed by atoms with Crippen molar-refractivity contribution < 1.29 is 14.4 Å². The van der Waals surface area contributed by atoms with E-state index in [9.17, 15) is 4.79 Å². The molecule has 0 fully saturated rings. The Morgan fingerprint density at radius 1 is 1.19 bits per heavy atom. The van der Waals surface area contributed by atoms with Crippen molar-refractivity contribution in [1.82, 2.24) is 5.32 Å². The molecule has 1 N–H and O–H groups in total. The van der Waals surface area contributed by atoms with Crippen LogP contribution < -0.4 is 10.1 Å². The molecule has 1 heterocycles. The molecule has 0 aromatic heterocycles. The minimum atomic E-state index is -0.523. The molecular formula is C19H18Cl2N2O3. The molecule has 0 saturated carbocycles. The maximum Gasteiger partial charge on any atom is 0.233 e. The van der Waals surface area contributed by atoms with E-state index in [1.807, 2.05) is 25.1 Å². The van der Waals surface area contributed by atoms with Crippen LogP contribution in [0.2, 0.25) is 10.0 Å². The number of ether oxygens (including phenoxy) is 1. The molecule has 0 bridgehead atoms. The summed E-state index contributed by atoms with van der Waals surface area (Å²) in [5, 5.41) is 8.10. The van der Waals surface area contributed by atoms with Gasteiger partial charge >= 0.3 is 0 Å². The largest absolute Gasteiger partial charge is 0.492 e. The van der Waals surface area contributed by atoms with Crippen molar-refractivity contribution in [2.24, 2.45) is 11.1 Å². The molecule has 2 atom stereocenters. The number of hydrogen-bond donors (Lipinski definition) is 1. The number of rotatable bonds is 6. The molecule has 0 saturated heterocycles. The van der Waals surface area contributed by atoms with E-state index in [4.69, 9.17) is 32.8 Å². The Labute approximate surface area is 161 Å². The van der Waals surface area contributed by atoms with Crippen LogP contribution in [-0.2, 0) is 9.63 Å². The highest BCUT2D eigenvalue weighted by molar-refractivity contribution is 6.35. The second kappa shape index (κ2) is 8.43. The van der Waals surface area contributed by atoms with Crippen molar-refractivity contribution in [1.29, 1.82) is 0 Å². The Hall–Kier alpha value is -2.24. The van der Waals surface area contributed by atoms with Gasteiger partial charge in [0.05, 0.1) is 6.54 Å². The van der Waals surface area contributed by atoms with Gasteiger partial charge in [-0.1, -0.05) is 46.6 Å². The van der Waals surface area contributed by atoms with Crippen LogP contribution in [0.5, 0.6) is 5.75 Å². The summed E-state index contributed by atoms with van der Waals surface area (Å²) in [6.45, 7) is 2.51. The zero-order valence-corrected chi connectivity index (χ0v) is 15.6. The number of carbonyl (C=O) groups excluding carboxylic acids is 1. The number of hydrogen-bond acceptors (Lipinski definition) is 4. The summed E-state index contributed by atoms with van der Waals surface area (Å²) >= 11 is 12.1. The number of nitrogens with one attached hydrogen (secondary N) is 1. The molecule has 1 amide bonds. The van der Waals surface area contributed by atoms with Crippen molar-refractivity contribution in [2.75, 3.05) is 13.2 Å². The fraction of sp³-hybridized carbons (Fsp3) is 0.263. The summed E-state index contributed by atoms with van der Waals surface area (Å²) in [4.78, 5) is 17.9. The van der Waals surface area contributed by atoms with Crippen LogP contribution in [0.4, 0.5) is 0 Å². The third-order valence-electron chi connectivity index (χ3n) is 4.00. The molecule has 0 aliphatic carbocycles. The molecule has 1 aliphatic rings. The Kier molecular flexibility index (Phi) is 6.01. The fourth-order valence-corrected chi connectivity index (χ4v) is 3.05. The molecule has 0 radical (unpaired) electrons. The van der Waals surface area contributed by atoms with Gasteiger partial charge in [0, 0.05) is 15.6 Å². The number of benzene rings is 2. The molecular weight excluding hydrogens is 375 g/mol. The minimum Gasteiger partial charge on any atom is -0.492 e. The predicted molar refractivity (Wildman–Crippen MR) is 102 cm³/mol. The van der Waals surface area contributed by atoms with Crippen molar-refractivity contribution in [3.63, 3.8) is 0 Å². The summed E-state index contributed by atoms with van der Waals surface area (Å²) in [5.74, 6) is -0.00153. The number of amides is 1. The summed E-state index contributed by atoms with van der Waals surface area (Å²) < 4.78 is 5.58. The predicted octanol–water partition coefficient (Wildman–Crippen LogP) is 3.93. The van der Waals surface area contributed by atoms with E-state index in [0.29, 0.717) is 40.2 Å². The average molecular weight is 393 g/mol. The quantitative estimate of drug-likeness (QED) is 0.757. The summed E-state index contributed by atoms with van der Waals surface area (Å²) in [6.07, 6.45) is -0.363. The third-order valence-corrected chi connectivity index (χ3v) is 4.58. The van der Waals surface area contributed by atoms with Gasteiger partial charge in [-0.15, -0.1) is 0 Å². The van der Waals surface area contributed by atoms with Crippen molar-refractivity contribution >= 4 is 34.8 Å². The lowest BCUT2D eigenvalue weighted by Gasteiger charge is -2.16. The average Bonchev–Trinajstić information content (AvgIpc) is 3.02. The number of carbonyl (C=O) groups is 1. The van der Waals surface area contributed by atoms with Gasteiger partial charge in [-0.25, -0.2) is 0 Å². The Balaban J connectivity index is 1.57. The third kappa shape index (κ3) is 4.29. The van der Waals surface area contributed by atoms with E-state index in [0.717, 1.165) is 0 Å². The highest BCUT2D eigenvalue weighted by Gasteiger charge is 2.38. The zero-order valence-electron chi connectivity index (χ0n) is 14.1. The van der Waals surface area contributed by atoms with E-state index < -0.39 is 5.92 Å². The smallest absolute Gasteiger partial charge is 0.233 e. The lowest BCUT2D eigenvalue weighted by Crippen LogP contribution is -2.40. The first-order valence-corrected chi connectivity index (χ1v) is 8.96. The first-order valence-electron chi connectivity index (χ1n) is 8.21. The fourth-order valence-electron chi connectivity index (χ4n) is 2.69. The summed E-state index contributed by atoms with van der Waals surface area (Å²) in [5.41, 5.74) is 1.25. The number of oxime groups is 1. The lowest BCUT2D eigenvalue weighted by molar-refractivity contribution is -0.125. The minimum absolute atomic E-state index is 0.173. The second-order valence-electron chi connectivity index (χ2n) is 5.84. The van der Waals surface area contributed by atoms with Crippen LogP contribution >= 0.6 is 23.2 Å². The maximum atomic E-state index is 12.6. The molecule has 0 spiro atoms. The van der Waals surface area contributed by atoms with E-state index >= 15 is 0 Å². The lowest BCUT2D eigenvalue weighted by atomic mass is 9.92. The van der Waals surface area contributed by atoms with Crippen LogP contribution in [0.3, 0.4) is 0 Å². The van der Waals surface area contributed by atoms with Crippen LogP contribution in [0, 0.1) is 5.92 Å². The van der Waals surface area contributed by atoms with Gasteiger partial charge in [-0.3, -0.25) is 4.79 Å². The first-order chi connectivity index (χ1) is 12.6. The molecule has 2 aromatic rings. The van der Waals surface area contributed by atoms with Gasteiger partial charge in [-0.05, 0) is 37.3 Å². The number of nitrogens with zero attached hydrogens (tertiary/aromatic N) is 1. The standard InChI is InChI=1S/C19H18Cl2N2O3/c1-12-17(18(23-26-12)15-4-2-3-5-16(15)21)19(24)22-10-11-25-14-8-6-13(20)7-9-14/h2-9,12,17H,10-11H2,1H3,(H,22,24)/t12-,17+/m0/s1. The van der Waals surface area contributed by atoms with E-state index in [1.165, 1.54) is 0 Å². The molecule has 3 rings (SSSR count). The molecule has 7 heteroatoms. The molecule has 1 aliphatic heterocycles. The first kappa shape index (κ1) is 18.5. The Morgan fingerprint density at radius 3 is 2.65 bits per heavy atom. The van der Waals surface area contributed by atoms with E-state index in [2.05, 4.69) is 10.5 Å². The van der Waals surface area contributed by atoms with Gasteiger partial charge in [0.1, 0.15) is 30.1 Å². The molecule has 136 valence electrons. The van der Waals surface area contributed by atoms with E-state index in [1.54, 1.807) is 30.3 Å². The van der Waals surface area contributed by atoms with Crippen LogP contribution in [0.15, 0.2) is 53.7 Å². The van der Waals surface area contributed by atoms with Gasteiger partial charge in [0.15, 0.2) is 0 Å². The van der Waals surface area contributed by atoms with Crippen molar-refractivity contribution in [2.45, 2.75) is 13.0 Å². The highest BCUT2D eigenvalue weighted by Crippen LogP contribution is 2.27. The normalized spacial score (nSPS) is 18.8. The van der Waals surface area contributed by atoms with Gasteiger partial charge < -0.3 is 14.9 Å². The molecule has 0 unspecified atom stereocenters. The molecule has 5 nitrogen and oxygen atoms in total. The van der Waals surface area contributed by atoms with Crippen molar-refractivity contribution in [3.8, 4) is 5.75 Å². The Morgan fingerprint density at radius 2 is 1.92 bits per heavy atom. The number of halogens is 2. The SMILES string of the molecule is C[C@@H]1ON=C(c2ccccc2Cl)[C@@H]1C(=O)NCCOc1ccc(Cl)cc1. The monoisotopic (exact) mass is 392 g/mol. The zero-order chi connectivity index (χ0) is 18.5. The summed E-state index contributed by atoms with van der Waals surface area (Å²) in [7, 11) is 0. The summed E-state index contributed by atoms with van der Waals surface area (Å²) in [6, 6.07) is 14.3. The van der Waals surface area contributed by atoms with Crippen LogP contribution in [0.1, 0.15) is 12.5 Å². The topological polar surface area (TPSA) is 59.9 Å². The van der Waals surface area contributed by atoms with Gasteiger partial charge in [0.25, 0.3) is 0 Å².